The Kier molecular flexibility index (Phi) is 5.45. The first-order chi connectivity index (χ1) is 9.63. The third-order valence-electron chi connectivity index (χ3n) is 3.43. The smallest absolute Gasteiger partial charge is 0.267 e. The highest BCUT2D eigenvalue weighted by Gasteiger charge is 2.27. The highest BCUT2D eigenvalue weighted by Crippen LogP contribution is 2.23. The van der Waals surface area contributed by atoms with Crippen LogP contribution in [0.4, 0.5) is 0 Å². The number of carbonyl (C=O) groups excluding carboxylic acids is 1. The Labute approximate surface area is 122 Å². The van der Waals surface area contributed by atoms with Gasteiger partial charge in [0.2, 0.25) is 0 Å². The van der Waals surface area contributed by atoms with Gasteiger partial charge >= 0.3 is 0 Å². The average Bonchev–Trinajstić information content (AvgIpc) is 2.94. The molecule has 1 fully saturated rings. The van der Waals surface area contributed by atoms with Gasteiger partial charge < -0.3 is 14.7 Å². The lowest BCUT2D eigenvalue weighted by Crippen LogP contribution is -2.41. The largest absolute Gasteiger partial charge is 0.394 e. The van der Waals surface area contributed by atoms with Crippen molar-refractivity contribution in [3.05, 3.63) is 10.6 Å². The summed E-state index contributed by atoms with van der Waals surface area (Å²) in [5, 5.41) is 12.8. The number of hydrogen-bond acceptors (Lipinski definition) is 6. The van der Waals surface area contributed by atoms with Gasteiger partial charge in [-0.05, 0) is 30.3 Å². The molecular weight excluding hydrogens is 278 g/mol. The van der Waals surface area contributed by atoms with E-state index in [4.69, 9.17) is 9.84 Å². The summed E-state index contributed by atoms with van der Waals surface area (Å²) in [7, 11) is 0. The second kappa shape index (κ2) is 7.10. The quantitative estimate of drug-likeness (QED) is 0.886. The molecule has 0 atom stereocenters. The molecule has 1 aromatic heterocycles. The van der Waals surface area contributed by atoms with E-state index in [1.54, 1.807) is 0 Å². The lowest BCUT2D eigenvalue weighted by molar-refractivity contribution is -0.00548. The van der Waals surface area contributed by atoms with Crippen molar-refractivity contribution in [2.75, 3.05) is 26.3 Å². The van der Waals surface area contributed by atoms with E-state index in [0.29, 0.717) is 24.6 Å². The van der Waals surface area contributed by atoms with Crippen molar-refractivity contribution in [2.45, 2.75) is 38.7 Å². The van der Waals surface area contributed by atoms with Crippen LogP contribution in [-0.2, 0) is 4.74 Å². The Hall–Kier alpha value is -1.05. The van der Waals surface area contributed by atoms with E-state index in [1.807, 2.05) is 18.7 Å². The molecule has 2 rings (SSSR count). The highest BCUT2D eigenvalue weighted by atomic mass is 32.1. The molecule has 1 aliphatic rings. The van der Waals surface area contributed by atoms with Gasteiger partial charge in [0, 0.05) is 13.1 Å². The maximum Gasteiger partial charge on any atom is 0.267 e. The van der Waals surface area contributed by atoms with Crippen molar-refractivity contribution in [1.82, 2.24) is 14.5 Å². The second-order valence-corrected chi connectivity index (χ2v) is 5.98. The number of aliphatic hydroxyl groups excluding tert-OH is 1. The molecule has 0 spiro atoms. The summed E-state index contributed by atoms with van der Waals surface area (Å²) in [5.74, 6) is 0.238. The van der Waals surface area contributed by atoms with Crippen LogP contribution in [0.1, 0.15) is 48.0 Å². The Morgan fingerprint density at radius 3 is 2.80 bits per heavy atom. The molecule has 7 heteroatoms. The molecular formula is C13H21N3O3S. The first-order valence-corrected chi connectivity index (χ1v) is 7.74. The summed E-state index contributed by atoms with van der Waals surface area (Å²) < 4.78 is 9.41. The Balaban J connectivity index is 1.93. The third-order valence-corrected chi connectivity index (χ3v) is 4.16. The van der Waals surface area contributed by atoms with Crippen LogP contribution < -0.4 is 0 Å². The topological polar surface area (TPSA) is 75.6 Å². The van der Waals surface area contributed by atoms with Crippen molar-refractivity contribution in [2.24, 2.45) is 0 Å². The zero-order chi connectivity index (χ0) is 14.5. The molecule has 2 heterocycles. The summed E-state index contributed by atoms with van der Waals surface area (Å²) in [5.41, 5.74) is 0.790. The number of rotatable bonds is 5. The van der Waals surface area contributed by atoms with Crippen molar-refractivity contribution >= 4 is 17.4 Å². The van der Waals surface area contributed by atoms with Gasteiger partial charge in [-0.2, -0.15) is 0 Å². The number of aromatic nitrogens is 2. The van der Waals surface area contributed by atoms with Crippen LogP contribution in [0.15, 0.2) is 0 Å². The molecule has 0 unspecified atom stereocenters. The van der Waals surface area contributed by atoms with Crippen molar-refractivity contribution in [1.29, 1.82) is 0 Å². The number of carbonyl (C=O) groups is 1. The number of aliphatic hydroxyl groups is 1. The lowest BCUT2D eigenvalue weighted by Gasteiger charge is -2.31. The monoisotopic (exact) mass is 299 g/mol. The van der Waals surface area contributed by atoms with Crippen LogP contribution in [-0.4, -0.2) is 57.9 Å². The zero-order valence-corrected chi connectivity index (χ0v) is 12.7. The van der Waals surface area contributed by atoms with Crippen LogP contribution in [0.2, 0.25) is 0 Å². The first-order valence-electron chi connectivity index (χ1n) is 6.97. The lowest BCUT2D eigenvalue weighted by atomic mass is 10.1. The Morgan fingerprint density at radius 1 is 1.50 bits per heavy atom. The molecule has 0 aliphatic carbocycles. The van der Waals surface area contributed by atoms with Crippen LogP contribution in [0.3, 0.4) is 0 Å². The molecule has 1 saturated heterocycles. The molecule has 20 heavy (non-hydrogen) atoms. The minimum Gasteiger partial charge on any atom is -0.394 e. The van der Waals surface area contributed by atoms with Crippen LogP contribution in [0.5, 0.6) is 0 Å². The number of hydrogen-bond donors (Lipinski definition) is 1. The molecule has 1 N–H and O–H groups in total. The third kappa shape index (κ3) is 3.53. The van der Waals surface area contributed by atoms with E-state index in [-0.39, 0.29) is 24.5 Å². The number of nitrogens with zero attached hydrogens (tertiary/aromatic N) is 3. The van der Waals surface area contributed by atoms with E-state index in [0.717, 1.165) is 18.5 Å². The van der Waals surface area contributed by atoms with Gasteiger partial charge in [-0.3, -0.25) is 4.79 Å². The van der Waals surface area contributed by atoms with Crippen molar-refractivity contribution in [3.63, 3.8) is 0 Å². The maximum absolute atomic E-state index is 12.5. The fourth-order valence-electron chi connectivity index (χ4n) is 2.31. The standard InChI is InChI=1S/C13H21N3O3S/c1-9(2)11-12(20-15-14-11)13(18)16-5-3-10(4-6-16)19-8-7-17/h9-10,17H,3-8H2,1-2H3. The van der Waals surface area contributed by atoms with E-state index in [2.05, 4.69) is 9.59 Å². The maximum atomic E-state index is 12.5. The summed E-state index contributed by atoms with van der Waals surface area (Å²) in [4.78, 5) is 15.0. The molecule has 1 amide bonds. The SMILES string of the molecule is CC(C)c1nnsc1C(=O)N1CCC(OCCO)CC1. The predicted octanol–water partition coefficient (Wildman–Crippen LogP) is 1.27. The normalized spacial score (nSPS) is 16.9. The number of piperidine rings is 1. The van der Waals surface area contributed by atoms with Gasteiger partial charge in [-0.25, -0.2) is 0 Å². The first kappa shape index (κ1) is 15.3. The fraction of sp³-hybridized carbons (Fsp3) is 0.769. The van der Waals surface area contributed by atoms with Crippen molar-refractivity contribution in [3.8, 4) is 0 Å². The number of ether oxygens (including phenoxy) is 1. The summed E-state index contributed by atoms with van der Waals surface area (Å²) in [6.07, 6.45) is 1.78. The second-order valence-electron chi connectivity index (χ2n) is 5.23. The molecule has 0 bridgehead atoms. The Bertz CT molecular complexity index is 442. The van der Waals surface area contributed by atoms with E-state index >= 15 is 0 Å². The number of amides is 1. The van der Waals surface area contributed by atoms with Crippen molar-refractivity contribution < 1.29 is 14.6 Å². The van der Waals surface area contributed by atoms with Gasteiger partial charge in [0.1, 0.15) is 4.88 Å². The van der Waals surface area contributed by atoms with E-state index in [1.165, 1.54) is 11.5 Å². The summed E-state index contributed by atoms with van der Waals surface area (Å²) in [6, 6.07) is 0. The van der Waals surface area contributed by atoms with Crippen LogP contribution >= 0.6 is 11.5 Å². The number of likely N-dealkylation sites (tertiary alicyclic amines) is 1. The fourth-order valence-corrected chi connectivity index (χ4v) is 3.10. The van der Waals surface area contributed by atoms with Gasteiger partial charge in [0.05, 0.1) is 25.0 Å². The predicted molar refractivity (Wildman–Crippen MR) is 76.0 cm³/mol. The Morgan fingerprint density at radius 2 is 2.20 bits per heavy atom. The van der Waals surface area contributed by atoms with Gasteiger partial charge in [-0.15, -0.1) is 5.10 Å². The molecule has 112 valence electrons. The van der Waals surface area contributed by atoms with E-state index in [9.17, 15) is 4.79 Å². The molecule has 6 nitrogen and oxygen atoms in total. The van der Waals surface area contributed by atoms with Gasteiger partial charge in [-0.1, -0.05) is 18.3 Å². The molecule has 1 aliphatic heterocycles. The molecule has 0 saturated carbocycles. The van der Waals surface area contributed by atoms with E-state index < -0.39 is 0 Å². The minimum atomic E-state index is 0.0318. The average molecular weight is 299 g/mol. The van der Waals surface area contributed by atoms with Crippen LogP contribution in [0.25, 0.3) is 0 Å². The molecule has 0 radical (unpaired) electrons. The summed E-state index contributed by atoms with van der Waals surface area (Å²) >= 11 is 1.18. The molecule has 0 aromatic carbocycles. The summed E-state index contributed by atoms with van der Waals surface area (Å²) in [6.45, 7) is 5.82. The molecule has 1 aromatic rings. The van der Waals surface area contributed by atoms with Gasteiger partial charge in [0.25, 0.3) is 5.91 Å². The highest BCUT2D eigenvalue weighted by molar-refractivity contribution is 7.08. The minimum absolute atomic E-state index is 0.0318. The zero-order valence-electron chi connectivity index (χ0n) is 11.9. The van der Waals surface area contributed by atoms with Crippen LogP contribution in [0, 0.1) is 0 Å². The van der Waals surface area contributed by atoms with Gasteiger partial charge in [0.15, 0.2) is 0 Å².